The summed E-state index contributed by atoms with van der Waals surface area (Å²) in [7, 11) is 0. The van der Waals surface area contributed by atoms with E-state index in [0.717, 1.165) is 12.1 Å². The van der Waals surface area contributed by atoms with Crippen LogP contribution < -0.4 is 0 Å². The lowest BCUT2D eigenvalue weighted by molar-refractivity contribution is -0.137. The third-order valence-corrected chi connectivity index (χ3v) is 3.05. The molecule has 22 heavy (non-hydrogen) atoms. The molecule has 0 fully saturated rings. The van der Waals surface area contributed by atoms with Crippen molar-refractivity contribution in [3.63, 3.8) is 0 Å². The van der Waals surface area contributed by atoms with Crippen molar-refractivity contribution in [2.24, 2.45) is 0 Å². The van der Waals surface area contributed by atoms with Gasteiger partial charge >= 0.3 is 6.18 Å². The molecule has 0 unspecified atom stereocenters. The average molecular weight is 330 g/mol. The molecule has 1 rings (SSSR count). The van der Waals surface area contributed by atoms with Crippen LogP contribution in [0.2, 0.25) is 5.02 Å². The molecule has 118 valence electrons. The number of alkyl halides is 3. The second-order valence-electron chi connectivity index (χ2n) is 4.39. The Bertz CT molecular complexity index is 584. The summed E-state index contributed by atoms with van der Waals surface area (Å²) in [6.07, 6.45) is 1.09. The molecule has 1 aromatic carbocycles. The van der Waals surface area contributed by atoms with Crippen LogP contribution in [0.25, 0.3) is 6.08 Å². The Labute approximate surface area is 132 Å². The van der Waals surface area contributed by atoms with E-state index in [1.54, 1.807) is 12.2 Å². The van der Waals surface area contributed by atoms with Crippen molar-refractivity contribution >= 4 is 23.6 Å². The van der Waals surface area contributed by atoms with Gasteiger partial charge in [-0.15, -0.1) is 13.2 Å². The van der Waals surface area contributed by atoms with Crippen LogP contribution in [0.15, 0.2) is 49.6 Å². The molecule has 0 saturated carbocycles. The largest absolute Gasteiger partial charge is 0.417 e. The first kappa shape index (κ1) is 18.0. The summed E-state index contributed by atoms with van der Waals surface area (Å²) in [5, 5.41) is -0.379. The van der Waals surface area contributed by atoms with Crippen LogP contribution in [-0.2, 0) is 11.0 Å². The Morgan fingerprint density at radius 3 is 2.32 bits per heavy atom. The second-order valence-corrected chi connectivity index (χ2v) is 4.80. The normalized spacial score (nSPS) is 11.5. The van der Waals surface area contributed by atoms with Gasteiger partial charge in [-0.3, -0.25) is 4.79 Å². The summed E-state index contributed by atoms with van der Waals surface area (Å²) < 4.78 is 38.3. The van der Waals surface area contributed by atoms with Gasteiger partial charge in [0.1, 0.15) is 0 Å². The minimum atomic E-state index is -4.54. The fourth-order valence-electron chi connectivity index (χ4n) is 1.70. The van der Waals surface area contributed by atoms with Gasteiger partial charge in [-0.25, -0.2) is 0 Å². The summed E-state index contributed by atoms with van der Waals surface area (Å²) in [4.78, 5) is 13.4. The van der Waals surface area contributed by atoms with E-state index >= 15 is 0 Å². The van der Waals surface area contributed by atoms with E-state index in [4.69, 9.17) is 11.6 Å². The number of hydrogen-bond donors (Lipinski definition) is 0. The first-order valence-corrected chi connectivity index (χ1v) is 6.73. The topological polar surface area (TPSA) is 20.3 Å². The molecule has 1 aromatic rings. The van der Waals surface area contributed by atoms with Gasteiger partial charge < -0.3 is 4.90 Å². The zero-order valence-corrected chi connectivity index (χ0v) is 12.5. The van der Waals surface area contributed by atoms with Crippen molar-refractivity contribution in [1.29, 1.82) is 0 Å². The zero-order chi connectivity index (χ0) is 16.8. The van der Waals surface area contributed by atoms with Crippen LogP contribution in [0.4, 0.5) is 13.2 Å². The van der Waals surface area contributed by atoms with Gasteiger partial charge in [0.05, 0.1) is 10.6 Å². The molecule has 0 radical (unpaired) electrons. The molecule has 1 amide bonds. The molecule has 0 N–H and O–H groups in total. The minimum absolute atomic E-state index is 0.238. The highest BCUT2D eigenvalue weighted by Gasteiger charge is 2.33. The fourth-order valence-corrected chi connectivity index (χ4v) is 1.93. The van der Waals surface area contributed by atoms with E-state index in [1.807, 2.05) is 0 Å². The Balaban J connectivity index is 2.96. The molecule has 0 bridgehead atoms. The third-order valence-electron chi connectivity index (χ3n) is 2.72. The summed E-state index contributed by atoms with van der Waals surface area (Å²) in [6.45, 7) is 7.73. The predicted molar refractivity (Wildman–Crippen MR) is 82.5 cm³/mol. The minimum Gasteiger partial charge on any atom is -0.332 e. The van der Waals surface area contributed by atoms with Crippen molar-refractivity contribution < 1.29 is 18.0 Å². The number of hydrogen-bond acceptors (Lipinski definition) is 1. The molecule has 0 spiro atoms. The van der Waals surface area contributed by atoms with Crippen LogP contribution in [0, 0.1) is 0 Å². The Kier molecular flexibility index (Phi) is 6.43. The lowest BCUT2D eigenvalue weighted by atomic mass is 10.1. The number of halogens is 4. The van der Waals surface area contributed by atoms with E-state index in [9.17, 15) is 18.0 Å². The second kappa shape index (κ2) is 7.84. The molecule has 0 atom stereocenters. The Hall–Kier alpha value is -2.01. The van der Waals surface area contributed by atoms with Crippen LogP contribution >= 0.6 is 11.6 Å². The van der Waals surface area contributed by atoms with Gasteiger partial charge in [-0.2, -0.15) is 13.2 Å². The van der Waals surface area contributed by atoms with E-state index in [0.29, 0.717) is 13.1 Å². The molecule has 0 aliphatic heterocycles. The highest BCUT2D eigenvalue weighted by Crippen LogP contribution is 2.35. The zero-order valence-electron chi connectivity index (χ0n) is 11.7. The molecular formula is C16H15ClF3NO. The SMILES string of the molecule is C=CCN(CC=C)C(=O)/C=C/c1ccc(Cl)c(C(F)(F)F)c1. The maximum absolute atomic E-state index is 12.8. The van der Waals surface area contributed by atoms with Crippen LogP contribution in [0.1, 0.15) is 11.1 Å². The third kappa shape index (κ3) is 5.07. The van der Waals surface area contributed by atoms with Crippen LogP contribution in [0.3, 0.4) is 0 Å². The average Bonchev–Trinajstić information content (AvgIpc) is 2.44. The van der Waals surface area contributed by atoms with Crippen molar-refractivity contribution in [2.45, 2.75) is 6.18 Å². The van der Waals surface area contributed by atoms with Gasteiger partial charge in [-0.05, 0) is 23.8 Å². The monoisotopic (exact) mass is 329 g/mol. The molecule has 0 saturated heterocycles. The number of benzene rings is 1. The number of carbonyl (C=O) groups excluding carboxylic acids is 1. The number of rotatable bonds is 6. The maximum atomic E-state index is 12.8. The lowest BCUT2D eigenvalue weighted by Gasteiger charge is -2.16. The molecule has 0 aliphatic carbocycles. The van der Waals surface area contributed by atoms with Gasteiger partial charge in [0.2, 0.25) is 5.91 Å². The highest BCUT2D eigenvalue weighted by atomic mass is 35.5. The molecule has 2 nitrogen and oxygen atoms in total. The smallest absolute Gasteiger partial charge is 0.332 e. The van der Waals surface area contributed by atoms with Crippen LogP contribution in [-0.4, -0.2) is 23.9 Å². The summed E-state index contributed by atoms with van der Waals surface area (Å²) in [5.74, 6) is -0.344. The lowest BCUT2D eigenvalue weighted by Crippen LogP contribution is -2.29. The van der Waals surface area contributed by atoms with Crippen molar-refractivity contribution in [2.75, 3.05) is 13.1 Å². The molecule has 0 aromatic heterocycles. The Morgan fingerprint density at radius 1 is 1.23 bits per heavy atom. The quantitative estimate of drug-likeness (QED) is 0.553. The standard InChI is InChI=1S/C16H15ClF3NO/c1-3-9-21(10-4-2)15(22)8-6-12-5-7-14(17)13(11-12)16(18,19)20/h3-8,11H,1-2,9-10H2/b8-6+. The molecule has 6 heteroatoms. The Morgan fingerprint density at radius 2 is 1.82 bits per heavy atom. The summed E-state index contributed by atoms with van der Waals surface area (Å²) >= 11 is 5.54. The van der Waals surface area contributed by atoms with Crippen molar-refractivity contribution in [3.05, 3.63) is 65.7 Å². The predicted octanol–water partition coefficient (Wildman–Crippen LogP) is 4.57. The highest BCUT2D eigenvalue weighted by molar-refractivity contribution is 6.31. The van der Waals surface area contributed by atoms with Crippen molar-refractivity contribution in [3.8, 4) is 0 Å². The van der Waals surface area contributed by atoms with Crippen molar-refractivity contribution in [1.82, 2.24) is 4.90 Å². The van der Waals surface area contributed by atoms with E-state index in [-0.39, 0.29) is 16.5 Å². The molecular weight excluding hydrogens is 315 g/mol. The van der Waals surface area contributed by atoms with E-state index in [2.05, 4.69) is 13.2 Å². The molecule has 0 aliphatic rings. The summed E-state index contributed by atoms with van der Waals surface area (Å²) in [6, 6.07) is 3.46. The van der Waals surface area contributed by atoms with Crippen LogP contribution in [0.5, 0.6) is 0 Å². The van der Waals surface area contributed by atoms with Gasteiger partial charge in [0, 0.05) is 19.2 Å². The number of amides is 1. The molecule has 0 heterocycles. The van der Waals surface area contributed by atoms with Gasteiger partial charge in [0.25, 0.3) is 0 Å². The fraction of sp³-hybridized carbons (Fsp3) is 0.188. The van der Waals surface area contributed by atoms with Gasteiger partial charge in [0.15, 0.2) is 0 Å². The number of nitrogens with zero attached hydrogens (tertiary/aromatic N) is 1. The summed E-state index contributed by atoms with van der Waals surface area (Å²) in [5.41, 5.74) is -0.694. The first-order chi connectivity index (χ1) is 10.3. The maximum Gasteiger partial charge on any atom is 0.417 e. The van der Waals surface area contributed by atoms with E-state index < -0.39 is 11.7 Å². The van der Waals surface area contributed by atoms with Gasteiger partial charge in [-0.1, -0.05) is 29.8 Å². The van der Waals surface area contributed by atoms with E-state index in [1.165, 1.54) is 23.1 Å². The number of carbonyl (C=O) groups is 1. The first-order valence-electron chi connectivity index (χ1n) is 6.35.